The summed E-state index contributed by atoms with van der Waals surface area (Å²) in [6, 6.07) is -0.204. The van der Waals surface area contributed by atoms with Gasteiger partial charge in [0.25, 0.3) is 0 Å². The predicted octanol–water partition coefficient (Wildman–Crippen LogP) is 14.4. The molecule has 327 valence electrons. The number of rotatable bonds is 3. The summed E-state index contributed by atoms with van der Waals surface area (Å²) >= 11 is 0. The van der Waals surface area contributed by atoms with Crippen LogP contribution >= 0.6 is 7.81 Å². The van der Waals surface area contributed by atoms with Gasteiger partial charge in [0.05, 0.1) is 0 Å². The van der Waals surface area contributed by atoms with Gasteiger partial charge in [-0.05, 0) is 12.8 Å². The molecule has 6 rings (SSSR count). The van der Waals surface area contributed by atoms with Gasteiger partial charge in [-0.15, -0.1) is 73.7 Å². The van der Waals surface area contributed by atoms with Gasteiger partial charge in [0.2, 0.25) is 0 Å². The molecule has 8 atom stereocenters. The van der Waals surface area contributed by atoms with Gasteiger partial charge in [-0.1, -0.05) is 64.2 Å². The van der Waals surface area contributed by atoms with Crippen molar-refractivity contribution in [3.8, 4) is 0 Å². The molecule has 0 aromatic carbocycles. The van der Waals surface area contributed by atoms with Crippen molar-refractivity contribution in [2.75, 3.05) is 26.2 Å². The molecule has 0 N–H and O–H groups in total. The minimum Gasteiger partial charge on any atom is 0 e. The fraction of sp³-hybridized carbons (Fsp3) is 0.667. The Balaban J connectivity index is 0.000000270. The fourth-order valence-electron chi connectivity index (χ4n) is 6.42. The average Bonchev–Trinajstić information content (AvgIpc) is 3.08. The summed E-state index contributed by atoms with van der Waals surface area (Å²) < 4.78 is 159. The van der Waals surface area contributed by atoms with Crippen molar-refractivity contribution in [1.82, 2.24) is 0 Å². The standard InChI is InChI=1S/C12H16F6N2.2C12H14FN.F6P.Ir/c13-11(14,15)7-1-3-9(19-5-7)10-4-2-8(6-20-10)12(16,17)18;2*1-9-2-7-12(14-8-9)10-3-5-11(13)6-4-10;1-7(2,3,4,5)6;/h7-10H,1-6H2;2*3,5-6,9,12H,2,7-8H2,1H3;;/q3*-2;-1;. The van der Waals surface area contributed by atoms with Gasteiger partial charge in [0, 0.05) is 44.3 Å². The van der Waals surface area contributed by atoms with Crippen LogP contribution in [0.4, 0.5) is 60.3 Å². The quantitative estimate of drug-likeness (QED) is 0.117. The minimum absolute atomic E-state index is 0. The van der Waals surface area contributed by atoms with Crippen molar-refractivity contribution < 1.29 is 80.4 Å². The third kappa shape index (κ3) is 20.3. The Hall–Kier alpha value is -1.80. The van der Waals surface area contributed by atoms with Crippen LogP contribution < -0.4 is 0 Å². The maximum atomic E-state index is 12.7. The number of hydrogen-bond acceptors (Lipinski definition) is 0. The molecule has 4 nitrogen and oxygen atoms in total. The van der Waals surface area contributed by atoms with Gasteiger partial charge in [-0.25, -0.2) is 0 Å². The van der Waals surface area contributed by atoms with Crippen LogP contribution in [0.3, 0.4) is 0 Å². The summed E-state index contributed by atoms with van der Waals surface area (Å²) in [7, 11) is -10.7. The number of nitrogens with zero attached hydrogens (tertiary/aromatic N) is 4. The fourth-order valence-corrected chi connectivity index (χ4v) is 6.42. The van der Waals surface area contributed by atoms with E-state index >= 15 is 0 Å². The molecule has 0 amide bonds. The molecule has 4 fully saturated rings. The van der Waals surface area contributed by atoms with Gasteiger partial charge in [-0.2, -0.15) is 50.6 Å². The Morgan fingerprint density at radius 1 is 0.554 bits per heavy atom. The van der Waals surface area contributed by atoms with E-state index in [4.69, 9.17) is 0 Å². The molecule has 1 radical (unpaired) electrons. The van der Waals surface area contributed by atoms with Crippen molar-refractivity contribution in [3.63, 3.8) is 0 Å². The zero-order valence-corrected chi connectivity index (χ0v) is 33.7. The molecular weight excluding hydrogens is 978 g/mol. The van der Waals surface area contributed by atoms with Crippen molar-refractivity contribution in [3.05, 3.63) is 92.7 Å². The van der Waals surface area contributed by atoms with E-state index in [1.807, 2.05) is 0 Å². The summed E-state index contributed by atoms with van der Waals surface area (Å²) in [5, 5.41) is 17.1. The van der Waals surface area contributed by atoms with Gasteiger partial charge in [0.1, 0.15) is 0 Å². The largest absolute Gasteiger partial charge is 0 e. The summed E-state index contributed by atoms with van der Waals surface area (Å²) in [6.07, 6.45) is 5.48. The second kappa shape index (κ2) is 20.0. The number of piperidine rings is 4. The Morgan fingerprint density at radius 3 is 1.11 bits per heavy atom. The molecule has 0 bridgehead atoms. The Labute approximate surface area is 331 Å². The van der Waals surface area contributed by atoms with E-state index in [2.05, 4.69) is 46.6 Å². The van der Waals surface area contributed by atoms with Crippen molar-refractivity contribution in [1.29, 1.82) is 0 Å². The molecule has 6 aliphatic rings. The third-order valence-corrected chi connectivity index (χ3v) is 9.57. The summed E-state index contributed by atoms with van der Waals surface area (Å²) in [4.78, 5) is 0. The Bertz CT molecular complexity index is 1310. The van der Waals surface area contributed by atoms with Crippen LogP contribution in [0.25, 0.3) is 21.3 Å². The first-order valence-electron chi connectivity index (χ1n) is 17.8. The first-order chi connectivity index (χ1) is 25.1. The van der Waals surface area contributed by atoms with E-state index in [0.29, 0.717) is 11.8 Å². The molecule has 4 heterocycles. The van der Waals surface area contributed by atoms with Gasteiger partial charge in [-0.3, -0.25) is 20.2 Å². The van der Waals surface area contributed by atoms with Crippen LogP contribution in [-0.2, 0) is 20.1 Å². The summed E-state index contributed by atoms with van der Waals surface area (Å²) in [6.45, 7) is 5.71. The van der Waals surface area contributed by atoms with Crippen LogP contribution in [0.2, 0.25) is 0 Å². The molecule has 0 spiro atoms. The van der Waals surface area contributed by atoms with Crippen molar-refractivity contribution >= 4 is 7.81 Å². The SMILES string of the molecule is CC1CCC(C2=C=C[C-](F)C=C2)[N-]C1.CC1CCC(C2=C=C[C-](F)C=C2)[N-]C1.FC(F)(F)C1CCC(C2CCC(C(F)(F)F)C[N-]2)[N-]C1.F[P-](F)(F)(F)(F)F.[Ir]. The van der Waals surface area contributed by atoms with E-state index in [1.165, 1.54) is 37.1 Å². The van der Waals surface area contributed by atoms with Crippen LogP contribution in [0.15, 0.2) is 59.1 Å². The molecule has 0 aromatic rings. The van der Waals surface area contributed by atoms with E-state index < -0.39 is 32.0 Å². The number of allylic oxidation sites excluding steroid dienone is 2. The number of hydrogen-bond donors (Lipinski definition) is 0. The molecule has 20 heteroatoms. The molecular formula is C36H44F14IrN4P-7. The van der Waals surface area contributed by atoms with E-state index in [9.17, 15) is 60.3 Å². The number of alkyl halides is 6. The topological polar surface area (TPSA) is 56.4 Å². The predicted molar refractivity (Wildman–Crippen MR) is 186 cm³/mol. The smallest absolute Gasteiger partial charge is 0 e. The van der Waals surface area contributed by atoms with Crippen LogP contribution in [0, 0.1) is 36.0 Å². The summed E-state index contributed by atoms with van der Waals surface area (Å²) in [5.74, 6) is -1.42. The van der Waals surface area contributed by atoms with Crippen LogP contribution in [-0.4, -0.2) is 62.7 Å². The van der Waals surface area contributed by atoms with Crippen LogP contribution in [0.5, 0.6) is 0 Å². The summed E-state index contributed by atoms with van der Waals surface area (Å²) in [5.41, 5.74) is 7.96. The third-order valence-electron chi connectivity index (χ3n) is 9.57. The first-order valence-corrected chi connectivity index (χ1v) is 19.9. The van der Waals surface area contributed by atoms with Gasteiger partial charge in [0.15, 0.2) is 0 Å². The zero-order valence-electron chi connectivity index (χ0n) is 30.4. The van der Waals surface area contributed by atoms with Crippen molar-refractivity contribution in [2.45, 2.75) is 102 Å². The molecule has 0 saturated carbocycles. The Kier molecular flexibility index (Phi) is 18.0. The molecule has 0 aromatic heterocycles. The molecule has 8 unspecified atom stereocenters. The average molecular weight is 1020 g/mol. The van der Waals surface area contributed by atoms with Crippen molar-refractivity contribution in [2.24, 2.45) is 23.7 Å². The second-order valence-electron chi connectivity index (χ2n) is 14.5. The zero-order chi connectivity index (χ0) is 41.3. The minimum atomic E-state index is -10.7. The monoisotopic (exact) mass is 1020 g/mol. The molecule has 4 aliphatic heterocycles. The van der Waals surface area contributed by atoms with E-state index in [-0.39, 0.29) is 95.4 Å². The van der Waals surface area contributed by atoms with Gasteiger partial charge >= 0.3 is 45.3 Å². The molecule has 2 aliphatic carbocycles. The van der Waals surface area contributed by atoms with E-state index in [0.717, 1.165) is 37.1 Å². The molecule has 56 heavy (non-hydrogen) atoms. The van der Waals surface area contributed by atoms with E-state index in [1.54, 1.807) is 12.2 Å². The van der Waals surface area contributed by atoms with Gasteiger partial charge < -0.3 is 21.3 Å². The molecule has 4 saturated heterocycles. The normalized spacial score (nSPS) is 32.0. The first kappa shape index (κ1) is 50.3. The second-order valence-corrected chi connectivity index (χ2v) is 16.4. The number of halogens is 14. The Morgan fingerprint density at radius 2 is 0.893 bits per heavy atom. The maximum Gasteiger partial charge on any atom is 0 e. The maximum absolute atomic E-state index is 12.7. The van der Waals surface area contributed by atoms with Crippen LogP contribution in [0.1, 0.15) is 65.2 Å².